The number of carbonyl (C=O) groups is 2. The Morgan fingerprint density at radius 2 is 1.81 bits per heavy atom. The molecule has 0 saturated carbocycles. The number of aliphatic carboxylic acids is 1. The van der Waals surface area contributed by atoms with E-state index >= 15 is 0 Å². The molecule has 0 heterocycles. The van der Waals surface area contributed by atoms with Crippen LogP contribution < -0.4 is 5.32 Å². The van der Waals surface area contributed by atoms with Gasteiger partial charge in [0.15, 0.2) is 0 Å². The van der Waals surface area contributed by atoms with Crippen LogP contribution in [0.2, 0.25) is 0 Å². The molecule has 1 aromatic carbocycles. The maximum absolute atomic E-state index is 12.2. The summed E-state index contributed by atoms with van der Waals surface area (Å²) in [6.45, 7) is 5.95. The van der Waals surface area contributed by atoms with E-state index in [0.29, 0.717) is 0 Å². The van der Waals surface area contributed by atoms with Crippen LogP contribution in [0.25, 0.3) is 0 Å². The van der Waals surface area contributed by atoms with Crippen LogP contribution in [0.15, 0.2) is 12.1 Å². The molecule has 0 fully saturated rings. The molecule has 0 aromatic heterocycles. The molecule has 0 unspecified atom stereocenters. The Labute approximate surface area is 124 Å². The number of urea groups is 1. The second kappa shape index (κ2) is 7.64. The van der Waals surface area contributed by atoms with E-state index in [1.807, 2.05) is 32.9 Å². The largest absolute Gasteiger partial charge is 0.480 e. The van der Waals surface area contributed by atoms with Gasteiger partial charge in [0.05, 0.1) is 6.61 Å². The van der Waals surface area contributed by atoms with Crippen LogP contribution >= 0.6 is 0 Å². The standard InChI is InChI=1S/C15H22N2O4/c1-10-7-11(2)14(12(3)8-10)16-15(20)17(5-6-21-4)9-13(18)19/h7-8H,5-6,9H2,1-4H3,(H,16,20)(H,18,19). The summed E-state index contributed by atoms with van der Waals surface area (Å²) >= 11 is 0. The van der Waals surface area contributed by atoms with Gasteiger partial charge in [0.25, 0.3) is 0 Å². The third kappa shape index (κ3) is 5.07. The Morgan fingerprint density at radius 3 is 2.29 bits per heavy atom. The fraction of sp³-hybridized carbons (Fsp3) is 0.467. The average molecular weight is 294 g/mol. The van der Waals surface area contributed by atoms with Crippen molar-refractivity contribution in [1.29, 1.82) is 0 Å². The second-order valence-electron chi connectivity index (χ2n) is 5.01. The monoisotopic (exact) mass is 294 g/mol. The quantitative estimate of drug-likeness (QED) is 0.843. The van der Waals surface area contributed by atoms with Crippen molar-refractivity contribution in [2.45, 2.75) is 20.8 Å². The zero-order valence-electron chi connectivity index (χ0n) is 12.9. The highest BCUT2D eigenvalue weighted by molar-refractivity contribution is 5.92. The number of carboxylic acid groups (broad SMARTS) is 1. The van der Waals surface area contributed by atoms with Crippen LogP contribution in [0.1, 0.15) is 16.7 Å². The van der Waals surface area contributed by atoms with Gasteiger partial charge in [-0.15, -0.1) is 0 Å². The van der Waals surface area contributed by atoms with E-state index < -0.39 is 12.0 Å². The molecule has 6 heteroatoms. The predicted octanol–water partition coefficient (Wildman–Crippen LogP) is 2.18. The van der Waals surface area contributed by atoms with Gasteiger partial charge in [0.1, 0.15) is 6.54 Å². The molecule has 1 aromatic rings. The highest BCUT2D eigenvalue weighted by atomic mass is 16.5. The van der Waals surface area contributed by atoms with Crippen molar-refractivity contribution in [3.63, 3.8) is 0 Å². The van der Waals surface area contributed by atoms with Crippen LogP contribution in [0, 0.1) is 20.8 Å². The summed E-state index contributed by atoms with van der Waals surface area (Å²) in [7, 11) is 1.51. The highest BCUT2D eigenvalue weighted by Gasteiger charge is 2.18. The molecule has 0 spiro atoms. The molecule has 0 saturated heterocycles. The Morgan fingerprint density at radius 1 is 1.24 bits per heavy atom. The summed E-state index contributed by atoms with van der Waals surface area (Å²) < 4.78 is 4.90. The van der Waals surface area contributed by atoms with Crippen molar-refractivity contribution in [2.24, 2.45) is 0 Å². The van der Waals surface area contributed by atoms with Crippen LogP contribution in [0.5, 0.6) is 0 Å². The van der Waals surface area contributed by atoms with Crippen molar-refractivity contribution in [1.82, 2.24) is 4.90 Å². The molecule has 1 rings (SSSR count). The SMILES string of the molecule is COCCN(CC(=O)O)C(=O)Nc1c(C)cc(C)cc1C. The molecule has 0 bridgehead atoms. The van der Waals surface area contributed by atoms with Crippen molar-refractivity contribution in [2.75, 3.05) is 32.1 Å². The number of aryl methyl sites for hydroxylation is 3. The minimum Gasteiger partial charge on any atom is -0.480 e. The van der Waals surface area contributed by atoms with Gasteiger partial charge in [-0.1, -0.05) is 17.7 Å². The highest BCUT2D eigenvalue weighted by Crippen LogP contribution is 2.22. The number of anilines is 1. The molecule has 116 valence electrons. The number of rotatable bonds is 6. The van der Waals surface area contributed by atoms with E-state index in [0.717, 1.165) is 22.4 Å². The van der Waals surface area contributed by atoms with Gasteiger partial charge in [-0.25, -0.2) is 4.79 Å². The van der Waals surface area contributed by atoms with E-state index in [2.05, 4.69) is 5.32 Å². The third-order valence-electron chi connectivity index (χ3n) is 3.09. The minimum atomic E-state index is -1.06. The van der Waals surface area contributed by atoms with E-state index in [1.165, 1.54) is 12.0 Å². The second-order valence-corrected chi connectivity index (χ2v) is 5.01. The zero-order chi connectivity index (χ0) is 16.0. The van der Waals surface area contributed by atoms with Crippen molar-refractivity contribution < 1.29 is 19.4 Å². The number of hydrogen-bond donors (Lipinski definition) is 2. The Hall–Kier alpha value is -2.08. The van der Waals surface area contributed by atoms with Crippen molar-refractivity contribution >= 4 is 17.7 Å². The average Bonchev–Trinajstić information content (AvgIpc) is 2.38. The molecule has 0 aliphatic heterocycles. The van der Waals surface area contributed by atoms with Gasteiger partial charge < -0.3 is 20.1 Å². The van der Waals surface area contributed by atoms with Gasteiger partial charge >= 0.3 is 12.0 Å². The minimum absolute atomic E-state index is 0.221. The number of hydrogen-bond acceptors (Lipinski definition) is 3. The summed E-state index contributed by atoms with van der Waals surface area (Å²) in [6, 6.07) is 3.50. The molecule has 0 aliphatic carbocycles. The molecule has 6 nitrogen and oxygen atoms in total. The van der Waals surface area contributed by atoms with Gasteiger partial charge in [0, 0.05) is 19.3 Å². The van der Waals surface area contributed by atoms with Crippen molar-refractivity contribution in [3.8, 4) is 0 Å². The van der Waals surface area contributed by atoms with Crippen LogP contribution in [-0.2, 0) is 9.53 Å². The molecule has 21 heavy (non-hydrogen) atoms. The molecule has 0 atom stereocenters. The Kier molecular flexibility index (Phi) is 6.17. The van der Waals surface area contributed by atoms with Crippen LogP contribution in [0.4, 0.5) is 10.5 Å². The summed E-state index contributed by atoms with van der Waals surface area (Å²) in [6.07, 6.45) is 0. The zero-order valence-corrected chi connectivity index (χ0v) is 12.9. The lowest BCUT2D eigenvalue weighted by Gasteiger charge is -2.22. The number of methoxy groups -OCH3 is 1. The number of carbonyl (C=O) groups excluding carboxylic acids is 1. The summed E-state index contributed by atoms with van der Waals surface area (Å²) in [5, 5.41) is 11.7. The van der Waals surface area contributed by atoms with Gasteiger partial charge in [-0.05, 0) is 31.9 Å². The number of nitrogens with one attached hydrogen (secondary N) is 1. The van der Waals surface area contributed by atoms with Crippen molar-refractivity contribution in [3.05, 3.63) is 28.8 Å². The number of ether oxygens (including phenoxy) is 1. The molecule has 2 N–H and O–H groups in total. The Bertz CT molecular complexity index is 505. The van der Waals surface area contributed by atoms with E-state index in [4.69, 9.17) is 9.84 Å². The maximum atomic E-state index is 12.2. The fourth-order valence-corrected chi connectivity index (χ4v) is 2.18. The Balaban J connectivity index is 2.88. The lowest BCUT2D eigenvalue weighted by molar-refractivity contribution is -0.137. The number of nitrogens with zero attached hydrogens (tertiary/aromatic N) is 1. The number of carboxylic acids is 1. The van der Waals surface area contributed by atoms with Gasteiger partial charge in [-0.3, -0.25) is 4.79 Å². The van der Waals surface area contributed by atoms with E-state index in [9.17, 15) is 9.59 Å². The van der Waals surface area contributed by atoms with Gasteiger partial charge in [0.2, 0.25) is 0 Å². The normalized spacial score (nSPS) is 10.3. The molecular formula is C15H22N2O4. The summed E-state index contributed by atoms with van der Waals surface area (Å²) in [5.74, 6) is -1.06. The third-order valence-corrected chi connectivity index (χ3v) is 3.09. The first kappa shape index (κ1) is 17.0. The van der Waals surface area contributed by atoms with Gasteiger partial charge in [-0.2, -0.15) is 0 Å². The summed E-state index contributed by atoms with van der Waals surface area (Å²) in [5.41, 5.74) is 3.73. The van der Waals surface area contributed by atoms with E-state index in [-0.39, 0.29) is 19.7 Å². The van der Waals surface area contributed by atoms with E-state index in [1.54, 1.807) is 0 Å². The molecule has 0 radical (unpaired) electrons. The first-order chi connectivity index (χ1) is 9.85. The topological polar surface area (TPSA) is 78.9 Å². The first-order valence-electron chi connectivity index (χ1n) is 6.69. The van der Waals surface area contributed by atoms with Crippen LogP contribution in [-0.4, -0.2) is 48.8 Å². The lowest BCUT2D eigenvalue weighted by atomic mass is 10.1. The summed E-state index contributed by atoms with van der Waals surface area (Å²) in [4.78, 5) is 24.3. The molecule has 0 aliphatic rings. The number of amides is 2. The smallest absolute Gasteiger partial charge is 0.323 e. The lowest BCUT2D eigenvalue weighted by Crippen LogP contribution is -2.41. The molecule has 2 amide bonds. The molecular weight excluding hydrogens is 272 g/mol. The maximum Gasteiger partial charge on any atom is 0.323 e. The fourth-order valence-electron chi connectivity index (χ4n) is 2.18. The number of benzene rings is 1. The van der Waals surface area contributed by atoms with Crippen LogP contribution in [0.3, 0.4) is 0 Å². The first-order valence-corrected chi connectivity index (χ1v) is 6.69. The predicted molar refractivity (Wildman–Crippen MR) is 80.8 cm³/mol.